The summed E-state index contributed by atoms with van der Waals surface area (Å²) in [4.78, 5) is 5.73. The first-order valence-electron chi connectivity index (χ1n) is 7.25. The molecule has 3 aromatic rings. The Morgan fingerprint density at radius 3 is 2.64 bits per heavy atom. The molecule has 0 fully saturated rings. The van der Waals surface area contributed by atoms with Crippen molar-refractivity contribution < 1.29 is 0 Å². The number of benzene rings is 2. The predicted molar refractivity (Wildman–Crippen MR) is 93.0 cm³/mol. The normalized spacial score (nSPS) is 10.6. The number of fused-ring (bicyclic) bond motifs is 1. The van der Waals surface area contributed by atoms with E-state index in [-0.39, 0.29) is 0 Å². The highest BCUT2D eigenvalue weighted by molar-refractivity contribution is 7.99. The Labute approximate surface area is 134 Å². The molecule has 0 bridgehead atoms. The molecule has 108 valence electrons. The first kappa shape index (κ1) is 14.6. The van der Waals surface area contributed by atoms with Gasteiger partial charge in [0, 0.05) is 16.0 Å². The van der Waals surface area contributed by atoms with Gasteiger partial charge in [-0.3, -0.25) is 4.98 Å². The van der Waals surface area contributed by atoms with Crippen LogP contribution in [0.1, 0.15) is 18.2 Å². The lowest BCUT2D eigenvalue weighted by atomic mass is 10.0. The molecule has 1 aromatic heterocycles. The highest BCUT2D eigenvalue weighted by Crippen LogP contribution is 2.29. The molecule has 0 aliphatic carbocycles. The van der Waals surface area contributed by atoms with Gasteiger partial charge in [0.2, 0.25) is 0 Å². The summed E-state index contributed by atoms with van der Waals surface area (Å²) in [6.07, 6.45) is 0. The van der Waals surface area contributed by atoms with Crippen LogP contribution < -0.4 is 0 Å². The van der Waals surface area contributed by atoms with Crippen LogP contribution in [0.5, 0.6) is 0 Å². The lowest BCUT2D eigenvalue weighted by Crippen LogP contribution is -1.87. The number of nitrogens with zero attached hydrogens (tertiary/aromatic N) is 2. The molecule has 0 aliphatic heterocycles. The Balaban J connectivity index is 2.13. The minimum atomic E-state index is 0.700. The van der Waals surface area contributed by atoms with Gasteiger partial charge < -0.3 is 0 Å². The van der Waals surface area contributed by atoms with Crippen LogP contribution in [0.3, 0.4) is 0 Å². The van der Waals surface area contributed by atoms with E-state index in [1.807, 2.05) is 25.1 Å². The molecule has 0 saturated carbocycles. The summed E-state index contributed by atoms with van der Waals surface area (Å²) in [6.45, 7) is 4.12. The van der Waals surface area contributed by atoms with Gasteiger partial charge in [-0.05, 0) is 54.1 Å². The Bertz CT molecular complexity index is 878. The molecule has 0 amide bonds. The van der Waals surface area contributed by atoms with Crippen molar-refractivity contribution in [2.75, 3.05) is 5.75 Å². The zero-order valence-corrected chi connectivity index (χ0v) is 13.4. The second-order valence-corrected chi connectivity index (χ2v) is 6.49. The first-order valence-corrected chi connectivity index (χ1v) is 8.24. The maximum Gasteiger partial charge on any atom is 0.0992 e. The summed E-state index contributed by atoms with van der Waals surface area (Å²) in [5, 5.41) is 10.4. The molecule has 2 nitrogen and oxygen atoms in total. The number of pyridine rings is 1. The van der Waals surface area contributed by atoms with E-state index in [9.17, 15) is 5.26 Å². The van der Waals surface area contributed by atoms with Crippen molar-refractivity contribution in [3.8, 4) is 17.2 Å². The predicted octanol–water partition coefficient (Wildman–Crippen LogP) is 5.19. The maximum absolute atomic E-state index is 9.24. The molecule has 0 atom stereocenters. The Kier molecular flexibility index (Phi) is 4.13. The summed E-state index contributed by atoms with van der Waals surface area (Å²) in [5.74, 6) is 0.993. The van der Waals surface area contributed by atoms with E-state index in [2.05, 4.69) is 48.3 Å². The van der Waals surface area contributed by atoms with Crippen LogP contribution in [0.2, 0.25) is 0 Å². The minimum Gasteiger partial charge on any atom is -0.253 e. The third-order valence-electron chi connectivity index (χ3n) is 3.51. The number of aryl methyl sites for hydroxylation is 1. The van der Waals surface area contributed by atoms with Crippen molar-refractivity contribution in [1.29, 1.82) is 5.26 Å². The fourth-order valence-electron chi connectivity index (χ4n) is 2.48. The molecule has 0 spiro atoms. The lowest BCUT2D eigenvalue weighted by Gasteiger charge is -2.07. The summed E-state index contributed by atoms with van der Waals surface area (Å²) in [5.41, 5.74) is 4.87. The summed E-state index contributed by atoms with van der Waals surface area (Å²) >= 11 is 1.75. The van der Waals surface area contributed by atoms with E-state index in [0.29, 0.717) is 5.56 Å². The van der Waals surface area contributed by atoms with Crippen LogP contribution in [0.4, 0.5) is 0 Å². The summed E-state index contributed by atoms with van der Waals surface area (Å²) < 4.78 is 0. The average Bonchev–Trinajstić information content (AvgIpc) is 2.54. The fraction of sp³-hybridized carbons (Fsp3) is 0.158. The average molecular weight is 304 g/mol. The standard InChI is InChI=1S/C19H16N2S/c1-3-22-18-9-14(12-20)8-17(10-18)16-7-6-15-5-4-13(2)21-19(15)11-16/h4-11H,3H2,1-2H3. The van der Waals surface area contributed by atoms with Crippen LogP contribution in [0.15, 0.2) is 53.4 Å². The van der Waals surface area contributed by atoms with E-state index < -0.39 is 0 Å². The molecule has 3 heteroatoms. The molecular weight excluding hydrogens is 288 g/mol. The molecular formula is C19H16N2S. The van der Waals surface area contributed by atoms with Crippen molar-refractivity contribution in [3.63, 3.8) is 0 Å². The van der Waals surface area contributed by atoms with Crippen LogP contribution in [0, 0.1) is 18.3 Å². The number of hydrogen-bond acceptors (Lipinski definition) is 3. The fourth-order valence-corrected chi connectivity index (χ4v) is 3.23. The Morgan fingerprint density at radius 1 is 1.05 bits per heavy atom. The number of rotatable bonds is 3. The van der Waals surface area contributed by atoms with E-state index in [0.717, 1.165) is 38.4 Å². The SMILES string of the molecule is CCSc1cc(C#N)cc(-c2ccc3ccc(C)nc3c2)c1. The molecule has 0 saturated heterocycles. The van der Waals surface area contributed by atoms with E-state index in [1.54, 1.807) is 11.8 Å². The summed E-state index contributed by atoms with van der Waals surface area (Å²) in [6, 6.07) is 18.7. The van der Waals surface area contributed by atoms with Crippen molar-refractivity contribution in [1.82, 2.24) is 4.98 Å². The molecule has 3 rings (SSSR count). The van der Waals surface area contributed by atoms with Crippen molar-refractivity contribution in [3.05, 3.63) is 59.8 Å². The Morgan fingerprint density at radius 2 is 1.86 bits per heavy atom. The number of thioether (sulfide) groups is 1. The minimum absolute atomic E-state index is 0.700. The van der Waals surface area contributed by atoms with Crippen LogP contribution in [-0.2, 0) is 0 Å². The molecule has 0 aliphatic rings. The van der Waals surface area contributed by atoms with Gasteiger partial charge in [-0.1, -0.05) is 25.1 Å². The molecule has 0 unspecified atom stereocenters. The van der Waals surface area contributed by atoms with E-state index in [4.69, 9.17) is 0 Å². The van der Waals surface area contributed by atoms with Gasteiger partial charge in [-0.15, -0.1) is 11.8 Å². The second kappa shape index (κ2) is 6.21. The zero-order valence-electron chi connectivity index (χ0n) is 12.6. The van der Waals surface area contributed by atoms with Gasteiger partial charge in [0.1, 0.15) is 0 Å². The number of nitriles is 1. The molecule has 1 heterocycles. The lowest BCUT2D eigenvalue weighted by molar-refractivity contribution is 1.26. The molecule has 2 aromatic carbocycles. The highest BCUT2D eigenvalue weighted by Gasteiger charge is 2.05. The third-order valence-corrected chi connectivity index (χ3v) is 4.37. The maximum atomic E-state index is 9.24. The third kappa shape index (κ3) is 2.98. The van der Waals surface area contributed by atoms with Crippen LogP contribution >= 0.6 is 11.8 Å². The topological polar surface area (TPSA) is 36.7 Å². The molecule has 0 N–H and O–H groups in total. The van der Waals surface area contributed by atoms with Crippen molar-refractivity contribution in [2.45, 2.75) is 18.7 Å². The zero-order chi connectivity index (χ0) is 15.5. The highest BCUT2D eigenvalue weighted by atomic mass is 32.2. The van der Waals surface area contributed by atoms with Gasteiger partial charge >= 0.3 is 0 Å². The van der Waals surface area contributed by atoms with Gasteiger partial charge in [-0.2, -0.15) is 5.26 Å². The van der Waals surface area contributed by atoms with Gasteiger partial charge in [0.25, 0.3) is 0 Å². The quantitative estimate of drug-likeness (QED) is 0.624. The van der Waals surface area contributed by atoms with E-state index >= 15 is 0 Å². The monoisotopic (exact) mass is 304 g/mol. The van der Waals surface area contributed by atoms with Crippen LogP contribution in [-0.4, -0.2) is 10.7 Å². The van der Waals surface area contributed by atoms with Gasteiger partial charge in [-0.25, -0.2) is 0 Å². The molecule has 0 radical (unpaired) electrons. The summed E-state index contributed by atoms with van der Waals surface area (Å²) in [7, 11) is 0. The first-order chi connectivity index (χ1) is 10.7. The van der Waals surface area contributed by atoms with Gasteiger partial charge in [0.15, 0.2) is 0 Å². The van der Waals surface area contributed by atoms with Gasteiger partial charge in [0.05, 0.1) is 17.1 Å². The second-order valence-electron chi connectivity index (χ2n) is 5.15. The van der Waals surface area contributed by atoms with Crippen LogP contribution in [0.25, 0.3) is 22.0 Å². The number of aromatic nitrogens is 1. The van der Waals surface area contributed by atoms with Crippen molar-refractivity contribution in [2.24, 2.45) is 0 Å². The smallest absolute Gasteiger partial charge is 0.0992 e. The molecule has 22 heavy (non-hydrogen) atoms. The van der Waals surface area contributed by atoms with E-state index in [1.165, 1.54) is 0 Å². The number of hydrogen-bond donors (Lipinski definition) is 0. The van der Waals surface area contributed by atoms with Crippen molar-refractivity contribution >= 4 is 22.7 Å². The largest absolute Gasteiger partial charge is 0.253 e. The Hall–Kier alpha value is -2.31.